The Labute approximate surface area is 213 Å². The zero-order valence-corrected chi connectivity index (χ0v) is 23.1. The number of unbranched alkanes of at least 4 members (excludes halogenated alkanes) is 3. The summed E-state index contributed by atoms with van der Waals surface area (Å²) < 4.78 is 34.2. The summed E-state index contributed by atoms with van der Waals surface area (Å²) in [5.41, 5.74) is 4.96. The SMILES string of the molecule is C#C[C@]1(COC(=O)CCCCCC)O[C@@H](n2cnc3c(N)nc(F)nc32)C[C@@H]1O[Si](C)(C)C(C)(C)C. The topological polar surface area (TPSA) is 114 Å². The highest BCUT2D eigenvalue weighted by atomic mass is 28.4. The lowest BCUT2D eigenvalue weighted by Crippen LogP contribution is -2.52. The van der Waals surface area contributed by atoms with Crippen LogP contribution in [-0.2, 0) is 18.7 Å². The highest BCUT2D eigenvalue weighted by Crippen LogP contribution is 2.45. The van der Waals surface area contributed by atoms with E-state index in [2.05, 4.69) is 61.7 Å². The second-order valence-corrected chi connectivity index (χ2v) is 15.6. The van der Waals surface area contributed by atoms with Gasteiger partial charge >= 0.3 is 12.0 Å². The number of carbonyl (C=O) groups excluding carboxylic acids is 1. The maximum Gasteiger partial charge on any atom is 0.312 e. The van der Waals surface area contributed by atoms with E-state index in [0.717, 1.165) is 25.7 Å². The van der Waals surface area contributed by atoms with Gasteiger partial charge in [0.2, 0.25) is 0 Å². The van der Waals surface area contributed by atoms with Crippen LogP contribution >= 0.6 is 0 Å². The molecular formula is C25H38FN5O4Si. The number of esters is 1. The van der Waals surface area contributed by atoms with Crippen molar-refractivity contribution in [2.45, 2.75) is 102 Å². The van der Waals surface area contributed by atoms with Gasteiger partial charge in [-0.15, -0.1) is 6.42 Å². The third-order valence-corrected chi connectivity index (χ3v) is 11.7. The van der Waals surface area contributed by atoms with Crippen LogP contribution in [0.25, 0.3) is 11.2 Å². The summed E-state index contributed by atoms with van der Waals surface area (Å²) in [6.07, 6.45) is 9.82. The second kappa shape index (κ2) is 10.8. The molecule has 0 bridgehead atoms. The molecule has 3 heterocycles. The van der Waals surface area contributed by atoms with Gasteiger partial charge in [0.1, 0.15) is 12.8 Å². The smallest absolute Gasteiger partial charge is 0.312 e. The molecule has 0 saturated carbocycles. The largest absolute Gasteiger partial charge is 0.461 e. The first-order valence-electron chi connectivity index (χ1n) is 12.5. The molecule has 1 saturated heterocycles. The van der Waals surface area contributed by atoms with Crippen LogP contribution in [-0.4, -0.2) is 52.1 Å². The molecule has 36 heavy (non-hydrogen) atoms. The number of anilines is 1. The van der Waals surface area contributed by atoms with Gasteiger partial charge in [0.25, 0.3) is 0 Å². The van der Waals surface area contributed by atoms with Gasteiger partial charge in [-0.2, -0.15) is 14.4 Å². The van der Waals surface area contributed by atoms with E-state index in [-0.39, 0.29) is 34.6 Å². The van der Waals surface area contributed by atoms with Gasteiger partial charge < -0.3 is 19.6 Å². The zero-order chi connectivity index (χ0) is 26.7. The molecule has 3 rings (SSSR count). The summed E-state index contributed by atoms with van der Waals surface area (Å²) in [6.45, 7) is 12.6. The molecule has 1 aliphatic heterocycles. The van der Waals surface area contributed by atoms with Crippen LogP contribution in [0.5, 0.6) is 0 Å². The van der Waals surface area contributed by atoms with Gasteiger partial charge in [0.15, 0.2) is 30.9 Å². The molecule has 0 spiro atoms. The number of terminal acetylenes is 1. The lowest BCUT2D eigenvalue weighted by atomic mass is 9.99. The molecule has 0 aliphatic carbocycles. The maximum absolute atomic E-state index is 14.0. The number of nitrogens with zero attached hydrogens (tertiary/aromatic N) is 4. The minimum Gasteiger partial charge on any atom is -0.461 e. The molecular weight excluding hydrogens is 481 g/mol. The molecule has 11 heteroatoms. The van der Waals surface area contributed by atoms with E-state index in [9.17, 15) is 9.18 Å². The van der Waals surface area contributed by atoms with Crippen molar-refractivity contribution in [3.05, 3.63) is 12.4 Å². The van der Waals surface area contributed by atoms with Crippen molar-refractivity contribution in [2.75, 3.05) is 12.3 Å². The van der Waals surface area contributed by atoms with Crippen LogP contribution in [0.3, 0.4) is 0 Å². The third-order valence-electron chi connectivity index (χ3n) is 7.18. The van der Waals surface area contributed by atoms with Gasteiger partial charge in [-0.1, -0.05) is 52.9 Å². The van der Waals surface area contributed by atoms with Crippen LogP contribution in [0.15, 0.2) is 6.33 Å². The first-order chi connectivity index (χ1) is 16.8. The molecule has 1 fully saturated rings. The van der Waals surface area contributed by atoms with Gasteiger partial charge in [-0.3, -0.25) is 9.36 Å². The number of aromatic nitrogens is 4. The first-order valence-corrected chi connectivity index (χ1v) is 15.4. The fraction of sp³-hybridized carbons (Fsp3) is 0.680. The number of imidazole rings is 1. The normalized spacial score (nSPS) is 22.6. The molecule has 198 valence electrons. The van der Waals surface area contributed by atoms with Crippen LogP contribution in [0.2, 0.25) is 18.1 Å². The maximum atomic E-state index is 14.0. The van der Waals surface area contributed by atoms with Crippen molar-refractivity contribution >= 4 is 31.3 Å². The molecule has 0 amide bonds. The number of rotatable bonds is 10. The summed E-state index contributed by atoms with van der Waals surface area (Å²) in [5.74, 6) is 2.34. The zero-order valence-electron chi connectivity index (χ0n) is 22.1. The number of carbonyl (C=O) groups is 1. The molecule has 1 aliphatic rings. The molecule has 2 aromatic rings. The monoisotopic (exact) mass is 519 g/mol. The van der Waals surface area contributed by atoms with Gasteiger partial charge in [0.05, 0.1) is 12.4 Å². The van der Waals surface area contributed by atoms with Crippen molar-refractivity contribution in [1.29, 1.82) is 0 Å². The number of ether oxygens (including phenoxy) is 2. The van der Waals surface area contributed by atoms with E-state index in [0.29, 0.717) is 12.8 Å². The van der Waals surface area contributed by atoms with Crippen LogP contribution in [0.1, 0.15) is 72.4 Å². The average molecular weight is 520 g/mol. The van der Waals surface area contributed by atoms with Crippen molar-refractivity contribution in [3.8, 4) is 12.3 Å². The Bertz CT molecular complexity index is 1130. The van der Waals surface area contributed by atoms with E-state index < -0.39 is 32.3 Å². The molecule has 3 atom stereocenters. The summed E-state index contributed by atoms with van der Waals surface area (Å²) >= 11 is 0. The summed E-state index contributed by atoms with van der Waals surface area (Å²) in [6, 6.07) is 0. The minimum absolute atomic E-state index is 0.0662. The van der Waals surface area contributed by atoms with E-state index in [1.165, 1.54) is 6.33 Å². The molecule has 2 aromatic heterocycles. The van der Waals surface area contributed by atoms with Crippen LogP contribution < -0.4 is 5.73 Å². The Morgan fingerprint density at radius 2 is 2.08 bits per heavy atom. The predicted octanol–water partition coefficient (Wildman–Crippen LogP) is 4.74. The van der Waals surface area contributed by atoms with E-state index in [4.69, 9.17) is 26.1 Å². The Kier molecular flexibility index (Phi) is 8.43. The quantitative estimate of drug-likeness (QED) is 0.157. The van der Waals surface area contributed by atoms with Crippen LogP contribution in [0, 0.1) is 18.4 Å². The Morgan fingerprint density at radius 3 is 2.72 bits per heavy atom. The molecule has 9 nitrogen and oxygen atoms in total. The summed E-state index contributed by atoms with van der Waals surface area (Å²) in [4.78, 5) is 24.1. The van der Waals surface area contributed by atoms with Gasteiger partial charge in [-0.25, -0.2) is 4.98 Å². The number of hydrogen-bond acceptors (Lipinski definition) is 8. The van der Waals surface area contributed by atoms with Gasteiger partial charge in [-0.05, 0) is 24.6 Å². The number of hydrogen-bond donors (Lipinski definition) is 1. The van der Waals surface area contributed by atoms with Crippen molar-refractivity contribution in [3.63, 3.8) is 0 Å². The molecule has 0 unspecified atom stereocenters. The van der Waals surface area contributed by atoms with E-state index in [1.807, 2.05) is 0 Å². The number of nitrogen functional groups attached to an aromatic ring is 1. The average Bonchev–Trinajstić information content (AvgIpc) is 3.36. The van der Waals surface area contributed by atoms with E-state index in [1.54, 1.807) is 4.57 Å². The molecule has 0 aromatic carbocycles. The number of fused-ring (bicyclic) bond motifs is 1. The highest BCUT2D eigenvalue weighted by molar-refractivity contribution is 6.74. The molecule has 2 N–H and O–H groups in total. The van der Waals surface area contributed by atoms with Crippen molar-refractivity contribution in [2.24, 2.45) is 0 Å². The second-order valence-electron chi connectivity index (χ2n) is 10.9. The Morgan fingerprint density at radius 1 is 1.36 bits per heavy atom. The Balaban J connectivity index is 1.89. The molecule has 0 radical (unpaired) electrons. The van der Waals surface area contributed by atoms with Gasteiger partial charge in [0, 0.05) is 12.8 Å². The summed E-state index contributed by atoms with van der Waals surface area (Å²) in [7, 11) is -2.29. The third kappa shape index (κ3) is 5.87. The van der Waals surface area contributed by atoms with E-state index >= 15 is 0 Å². The Hall–Kier alpha value is -2.55. The van der Waals surface area contributed by atoms with Crippen molar-refractivity contribution < 1.29 is 23.1 Å². The lowest BCUT2D eigenvalue weighted by Gasteiger charge is -2.41. The summed E-state index contributed by atoms with van der Waals surface area (Å²) in [5, 5.41) is -0.0894. The standard InChI is InChI=1S/C25H38FN5O4Si/c1-8-10-11-12-13-19(32)33-15-25(9-2)17(35-36(6,7)24(3,4)5)14-18(34-25)31-16-28-20-21(27)29-23(26)30-22(20)31/h2,16-18H,8,10-15H2,1,3-7H3,(H2,27,29,30)/t17-,18+,25+/m0/s1. The fourth-order valence-electron chi connectivity index (χ4n) is 3.96. The van der Waals surface area contributed by atoms with Crippen LogP contribution in [0.4, 0.5) is 10.2 Å². The first kappa shape index (κ1) is 28.0. The lowest BCUT2D eigenvalue weighted by molar-refractivity contribution is -0.156. The number of halogens is 1. The number of nitrogens with two attached hydrogens (primary N) is 1. The highest BCUT2D eigenvalue weighted by Gasteiger charge is 2.54. The minimum atomic E-state index is -2.29. The van der Waals surface area contributed by atoms with Crippen molar-refractivity contribution in [1.82, 2.24) is 19.5 Å². The fourth-order valence-corrected chi connectivity index (χ4v) is 5.31. The predicted molar refractivity (Wildman–Crippen MR) is 138 cm³/mol.